The number of hydrogen-bond donors (Lipinski definition) is 0. The zero-order valence-electron chi connectivity index (χ0n) is 11.7. The van der Waals surface area contributed by atoms with Crippen LogP contribution in [0.15, 0.2) is 0 Å². The van der Waals surface area contributed by atoms with E-state index >= 15 is 0 Å². The molecule has 0 amide bonds. The molecule has 7 heavy (non-hydrogen) atoms. The molecule has 0 aromatic rings. The number of alkyl halides is 1. The normalized spacial score (nSPS) is 78.7. The number of hydrogen-bond acceptors (Lipinski definition) is 0. The first-order valence-corrected chi connectivity index (χ1v) is 2.46. The van der Waals surface area contributed by atoms with Crippen LogP contribution in [0.2, 0.25) is 0 Å². The van der Waals surface area contributed by atoms with Gasteiger partial charge in [-0.3, -0.25) is 0 Å². The van der Waals surface area contributed by atoms with Crippen LogP contribution in [0.25, 0.3) is 0 Å². The molecule has 1 atom stereocenters. The Bertz CT molecular complexity index is 272. The van der Waals surface area contributed by atoms with Gasteiger partial charge in [0.1, 0.15) is 0 Å². The smallest absolute Gasteiger partial charge is 0.0336 e. The second-order valence-corrected chi connectivity index (χ2v) is 1.77. The van der Waals surface area contributed by atoms with Crippen molar-refractivity contribution in [3.05, 3.63) is 0 Å². The summed E-state index contributed by atoms with van der Waals surface area (Å²) in [6.45, 7) is 0. The van der Waals surface area contributed by atoms with E-state index in [0.29, 0.717) is 0 Å². The first-order valence-electron chi connectivity index (χ1n) is 6.02. The molecule has 0 heterocycles. The summed E-state index contributed by atoms with van der Waals surface area (Å²) >= 11 is 5.58. The van der Waals surface area contributed by atoms with E-state index in [2.05, 4.69) is 0 Å². The van der Waals surface area contributed by atoms with Crippen LogP contribution in [0.4, 0.5) is 0 Å². The van der Waals surface area contributed by atoms with Crippen molar-refractivity contribution in [2.75, 3.05) is 0 Å². The van der Waals surface area contributed by atoms with Crippen molar-refractivity contribution < 1.29 is 11.0 Å². The fourth-order valence-electron chi connectivity index (χ4n) is 0.350. The highest BCUT2D eigenvalue weighted by molar-refractivity contribution is 6.20. The molecule has 1 fully saturated rings. The van der Waals surface area contributed by atoms with Gasteiger partial charge in [0.2, 0.25) is 0 Å². The molecule has 0 radical (unpaired) electrons. The SMILES string of the molecule is [2H]C1([2H])CC(Cl)C([2H])([2H])C([2H])([2H])C1([2H])[2H]. The minimum atomic E-state index is -2.96. The van der Waals surface area contributed by atoms with Crippen molar-refractivity contribution in [2.45, 2.75) is 37.3 Å². The predicted molar refractivity (Wildman–Crippen MR) is 32.7 cm³/mol. The molecule has 1 rings (SSSR count). The van der Waals surface area contributed by atoms with E-state index in [9.17, 15) is 0 Å². The van der Waals surface area contributed by atoms with E-state index in [-0.39, 0.29) is 0 Å². The molecule has 1 heteroatoms. The zero-order chi connectivity index (χ0) is 12.3. The Morgan fingerprint density at radius 1 is 1.43 bits per heavy atom. The van der Waals surface area contributed by atoms with Crippen LogP contribution in [0.3, 0.4) is 0 Å². The van der Waals surface area contributed by atoms with Crippen molar-refractivity contribution in [1.82, 2.24) is 0 Å². The third-order valence-electron chi connectivity index (χ3n) is 0.661. The Kier molecular flexibility index (Phi) is 0.451. The Morgan fingerprint density at radius 2 is 2.29 bits per heavy atom. The lowest BCUT2D eigenvalue weighted by Gasteiger charge is -2.13. The van der Waals surface area contributed by atoms with Gasteiger partial charge in [0.25, 0.3) is 0 Å². The second-order valence-electron chi connectivity index (χ2n) is 1.24. The number of rotatable bonds is 0. The van der Waals surface area contributed by atoms with E-state index in [0.717, 1.165) is 0 Å². The van der Waals surface area contributed by atoms with Gasteiger partial charge in [0.15, 0.2) is 0 Å². The number of halogens is 1. The third kappa shape index (κ3) is 1.68. The lowest BCUT2D eigenvalue weighted by molar-refractivity contribution is 0.511. The Hall–Kier alpha value is 0.290. The molecule has 0 aromatic heterocycles. The summed E-state index contributed by atoms with van der Waals surface area (Å²) in [5.41, 5.74) is 0. The largest absolute Gasteiger partial charge is 0.123 e. The van der Waals surface area contributed by atoms with Crippen LogP contribution in [0.5, 0.6) is 0 Å². The quantitative estimate of drug-likeness (QED) is 0.438. The highest BCUT2D eigenvalue weighted by Gasteiger charge is 2.08. The van der Waals surface area contributed by atoms with Crippen LogP contribution >= 0.6 is 11.6 Å². The van der Waals surface area contributed by atoms with Gasteiger partial charge in [0.05, 0.1) is 0 Å². The van der Waals surface area contributed by atoms with E-state index in [4.69, 9.17) is 22.6 Å². The molecule has 0 nitrogen and oxygen atoms in total. The topological polar surface area (TPSA) is 0 Å². The van der Waals surface area contributed by atoms with Gasteiger partial charge < -0.3 is 0 Å². The predicted octanol–water partition coefficient (Wildman–Crippen LogP) is 2.56. The highest BCUT2D eigenvalue weighted by Crippen LogP contribution is 2.21. The zero-order valence-corrected chi connectivity index (χ0v) is 4.42. The maximum atomic E-state index is 7.42. The molecule has 1 aliphatic rings. The summed E-state index contributed by atoms with van der Waals surface area (Å²) in [5, 5.41) is -1.38. The van der Waals surface area contributed by atoms with Crippen LogP contribution in [-0.2, 0) is 0 Å². The molecule has 0 N–H and O–H groups in total. The fourth-order valence-corrected chi connectivity index (χ4v) is 0.482. The summed E-state index contributed by atoms with van der Waals surface area (Å²) in [5.74, 6) is 0. The van der Waals surface area contributed by atoms with Crippen molar-refractivity contribution in [1.29, 1.82) is 0 Å². The van der Waals surface area contributed by atoms with Gasteiger partial charge in [-0.25, -0.2) is 0 Å². The van der Waals surface area contributed by atoms with E-state index in [1.54, 1.807) is 0 Å². The second kappa shape index (κ2) is 2.56. The third-order valence-corrected chi connectivity index (χ3v) is 0.924. The van der Waals surface area contributed by atoms with Crippen molar-refractivity contribution in [2.24, 2.45) is 0 Å². The van der Waals surface area contributed by atoms with Crippen molar-refractivity contribution in [3.63, 3.8) is 0 Å². The van der Waals surface area contributed by atoms with Crippen LogP contribution in [-0.4, -0.2) is 5.38 Å². The average Bonchev–Trinajstić information content (AvgIpc) is 2.00. The van der Waals surface area contributed by atoms with Crippen LogP contribution < -0.4 is 0 Å². The Labute approximate surface area is 61.1 Å². The first-order chi connectivity index (χ1) is 6.38. The molecule has 0 aliphatic heterocycles. The standard InChI is InChI=1S/C6H11Cl/c7-6-4-2-1-3-5-6/h6H,1-5H2/i1D2,2D2,3D2,4D2. The average molecular weight is 127 g/mol. The Balaban J connectivity index is 3.30. The van der Waals surface area contributed by atoms with Gasteiger partial charge in [-0.1, -0.05) is 19.1 Å². The van der Waals surface area contributed by atoms with Gasteiger partial charge in [-0.15, -0.1) is 11.6 Å². The van der Waals surface area contributed by atoms with E-state index < -0.39 is 37.3 Å². The lowest BCUT2D eigenvalue weighted by Crippen LogP contribution is -2.03. The van der Waals surface area contributed by atoms with Crippen LogP contribution in [0.1, 0.15) is 42.9 Å². The molecule has 1 saturated carbocycles. The Morgan fingerprint density at radius 3 is 3.14 bits per heavy atom. The van der Waals surface area contributed by atoms with Crippen molar-refractivity contribution >= 4 is 11.6 Å². The van der Waals surface area contributed by atoms with Gasteiger partial charge in [0, 0.05) is 16.3 Å². The minimum absolute atomic E-state index is 0.548. The lowest BCUT2D eigenvalue weighted by atomic mass is 10.0. The first kappa shape index (κ1) is 1.23. The van der Waals surface area contributed by atoms with Crippen LogP contribution in [0, 0.1) is 0 Å². The maximum absolute atomic E-state index is 7.42. The van der Waals surface area contributed by atoms with Gasteiger partial charge >= 0.3 is 0 Å². The van der Waals surface area contributed by atoms with E-state index in [1.165, 1.54) is 0 Å². The summed E-state index contributed by atoms with van der Waals surface area (Å²) in [6, 6.07) is 0. The van der Waals surface area contributed by atoms with E-state index in [1.807, 2.05) is 0 Å². The molecule has 0 aromatic carbocycles. The minimum Gasteiger partial charge on any atom is -0.123 e. The molecular formula is C6H11Cl. The molecule has 0 bridgehead atoms. The summed E-state index contributed by atoms with van der Waals surface area (Å²) in [7, 11) is 0. The molecular weight excluding hydrogens is 108 g/mol. The molecule has 1 aliphatic carbocycles. The summed E-state index contributed by atoms with van der Waals surface area (Å²) in [6.07, 6.45) is -11.5. The molecule has 0 saturated heterocycles. The summed E-state index contributed by atoms with van der Waals surface area (Å²) in [4.78, 5) is 0. The molecule has 0 spiro atoms. The maximum Gasteiger partial charge on any atom is 0.0336 e. The van der Waals surface area contributed by atoms with Gasteiger partial charge in [-0.05, 0) is 12.8 Å². The van der Waals surface area contributed by atoms with Crippen molar-refractivity contribution in [3.8, 4) is 0 Å². The highest BCUT2D eigenvalue weighted by atomic mass is 35.5. The monoisotopic (exact) mass is 126 g/mol. The molecule has 1 unspecified atom stereocenters. The molecule has 42 valence electrons. The fraction of sp³-hybridized carbons (Fsp3) is 1.00. The van der Waals surface area contributed by atoms with Gasteiger partial charge in [-0.2, -0.15) is 0 Å². The summed E-state index contributed by atoms with van der Waals surface area (Å²) < 4.78 is 59.2.